The lowest BCUT2D eigenvalue weighted by molar-refractivity contribution is -0.117. The lowest BCUT2D eigenvalue weighted by Gasteiger charge is -2.20. The van der Waals surface area contributed by atoms with Crippen molar-refractivity contribution in [3.8, 4) is 0 Å². The molecule has 0 fully saturated rings. The fraction of sp³-hybridized carbons (Fsp3) is 0.625. The van der Waals surface area contributed by atoms with Gasteiger partial charge in [0.15, 0.2) is 15.6 Å². The summed E-state index contributed by atoms with van der Waals surface area (Å²) in [5, 5.41) is 0. The maximum atomic E-state index is 11.3. The van der Waals surface area contributed by atoms with E-state index in [1.165, 1.54) is 20.8 Å². The Morgan fingerprint density at radius 2 is 1.67 bits per heavy atom. The molecule has 0 saturated heterocycles. The molecular weight excluding hydrogens is 176 g/mol. The number of hydrogen-bond donors (Lipinski definition) is 0. The minimum Gasteiger partial charge on any atom is -0.293 e. The Morgan fingerprint density at radius 3 is 1.75 bits per heavy atom. The molecule has 0 heterocycles. The Labute approximate surface area is 73.4 Å². The van der Waals surface area contributed by atoms with E-state index in [1.807, 2.05) is 0 Å². The van der Waals surface area contributed by atoms with Crippen LogP contribution in [-0.4, -0.2) is 25.2 Å². The maximum absolute atomic E-state index is 11.3. The van der Waals surface area contributed by atoms with Gasteiger partial charge >= 0.3 is 0 Å². The molecule has 0 bridgehead atoms. The van der Waals surface area contributed by atoms with Crippen LogP contribution in [0, 0.1) is 0 Å². The van der Waals surface area contributed by atoms with Gasteiger partial charge < -0.3 is 0 Å². The topological polar surface area (TPSA) is 51.2 Å². The van der Waals surface area contributed by atoms with Crippen LogP contribution in [-0.2, 0) is 14.6 Å². The number of carbonyl (C=O) groups is 1. The minimum absolute atomic E-state index is 0.269. The van der Waals surface area contributed by atoms with Gasteiger partial charge in [-0.15, -0.1) is 0 Å². The van der Waals surface area contributed by atoms with Gasteiger partial charge in [0.2, 0.25) is 0 Å². The van der Waals surface area contributed by atoms with E-state index in [0.717, 1.165) is 6.26 Å². The average molecular weight is 190 g/mol. The smallest absolute Gasteiger partial charge is 0.178 e. The van der Waals surface area contributed by atoms with Crippen molar-refractivity contribution in [3.05, 3.63) is 12.2 Å². The molecule has 0 unspecified atom stereocenters. The number of allylic oxidation sites excluding steroid dienone is 1. The molecule has 3 nitrogen and oxygen atoms in total. The summed E-state index contributed by atoms with van der Waals surface area (Å²) in [4.78, 5) is 11.3. The first-order chi connectivity index (χ1) is 5.10. The van der Waals surface area contributed by atoms with Crippen LogP contribution in [0.2, 0.25) is 0 Å². The molecule has 70 valence electrons. The molecule has 0 aromatic carbocycles. The van der Waals surface area contributed by atoms with Crippen LogP contribution in [0.3, 0.4) is 0 Å². The van der Waals surface area contributed by atoms with Gasteiger partial charge in [0.25, 0.3) is 0 Å². The van der Waals surface area contributed by atoms with Crippen LogP contribution >= 0.6 is 0 Å². The quantitative estimate of drug-likeness (QED) is 0.623. The average Bonchev–Trinajstić information content (AvgIpc) is 1.83. The predicted octanol–water partition coefficient (Wildman–Crippen LogP) is 0.955. The van der Waals surface area contributed by atoms with E-state index in [1.54, 1.807) is 0 Å². The molecule has 0 aromatic heterocycles. The van der Waals surface area contributed by atoms with E-state index in [0.29, 0.717) is 0 Å². The first-order valence-electron chi connectivity index (χ1n) is 3.50. The van der Waals surface area contributed by atoms with Crippen LogP contribution in [0.1, 0.15) is 20.8 Å². The summed E-state index contributed by atoms with van der Waals surface area (Å²) in [5.74, 6) is -0.426. The second kappa shape index (κ2) is 3.01. The molecule has 0 aliphatic heterocycles. The molecule has 0 radical (unpaired) electrons. The van der Waals surface area contributed by atoms with Crippen molar-refractivity contribution in [2.75, 3.05) is 6.26 Å². The largest absolute Gasteiger partial charge is 0.293 e. The fourth-order valence-corrected chi connectivity index (χ4v) is 1.19. The van der Waals surface area contributed by atoms with Gasteiger partial charge in [-0.2, -0.15) is 0 Å². The number of hydrogen-bond acceptors (Lipinski definition) is 3. The Hall–Kier alpha value is -0.640. The third kappa shape index (κ3) is 1.94. The second-order valence-electron chi connectivity index (χ2n) is 3.39. The summed E-state index contributed by atoms with van der Waals surface area (Å²) in [5.41, 5.74) is 0.269. The highest BCUT2D eigenvalue weighted by Crippen LogP contribution is 2.19. The Balaban J connectivity index is 5.15. The van der Waals surface area contributed by atoms with Crippen LogP contribution in [0.4, 0.5) is 0 Å². The van der Waals surface area contributed by atoms with Crippen molar-refractivity contribution in [3.63, 3.8) is 0 Å². The summed E-state index contributed by atoms with van der Waals surface area (Å²) in [6.07, 6.45) is 1.05. The van der Waals surface area contributed by atoms with Crippen molar-refractivity contribution in [1.82, 2.24) is 0 Å². The fourth-order valence-electron chi connectivity index (χ4n) is 0.682. The molecule has 0 atom stereocenters. The van der Waals surface area contributed by atoms with Gasteiger partial charge in [0, 0.05) is 6.26 Å². The molecule has 4 heteroatoms. The van der Waals surface area contributed by atoms with Crippen LogP contribution in [0.5, 0.6) is 0 Å². The Morgan fingerprint density at radius 1 is 1.33 bits per heavy atom. The third-order valence-electron chi connectivity index (χ3n) is 1.86. The molecule has 12 heavy (non-hydrogen) atoms. The van der Waals surface area contributed by atoms with E-state index >= 15 is 0 Å². The number of ketones is 1. The molecule has 0 aliphatic rings. The molecule has 0 rings (SSSR count). The molecule has 0 aliphatic carbocycles. The van der Waals surface area contributed by atoms with E-state index in [2.05, 4.69) is 6.58 Å². The summed E-state index contributed by atoms with van der Waals surface area (Å²) in [6.45, 7) is 7.71. The molecule has 0 N–H and O–H groups in total. The summed E-state index contributed by atoms with van der Waals surface area (Å²) in [7, 11) is -3.36. The van der Waals surface area contributed by atoms with Gasteiger partial charge in [0.05, 0.1) is 0 Å². The SMILES string of the molecule is C=C(C)C(=O)C(C)(C)S(C)(=O)=O. The van der Waals surface area contributed by atoms with Gasteiger partial charge in [-0.05, 0) is 26.3 Å². The number of sulfone groups is 1. The number of rotatable bonds is 3. The van der Waals surface area contributed by atoms with Crippen molar-refractivity contribution in [1.29, 1.82) is 0 Å². The first-order valence-corrected chi connectivity index (χ1v) is 5.39. The van der Waals surface area contributed by atoms with E-state index in [9.17, 15) is 13.2 Å². The van der Waals surface area contributed by atoms with E-state index in [-0.39, 0.29) is 5.57 Å². The number of carbonyl (C=O) groups excluding carboxylic acids is 1. The summed E-state index contributed by atoms with van der Waals surface area (Å²) in [6, 6.07) is 0. The Bertz CT molecular complexity index is 309. The molecule has 0 spiro atoms. The molecule has 0 aromatic rings. The normalized spacial score (nSPS) is 12.7. The van der Waals surface area contributed by atoms with Gasteiger partial charge in [-0.25, -0.2) is 8.42 Å². The lowest BCUT2D eigenvalue weighted by atomic mass is 10.0. The monoisotopic (exact) mass is 190 g/mol. The van der Waals surface area contributed by atoms with E-state index in [4.69, 9.17) is 0 Å². The zero-order valence-electron chi connectivity index (χ0n) is 7.84. The zero-order chi connectivity index (χ0) is 10.2. The van der Waals surface area contributed by atoms with Gasteiger partial charge in [-0.3, -0.25) is 4.79 Å². The van der Waals surface area contributed by atoms with Crippen LogP contribution < -0.4 is 0 Å². The highest BCUT2D eigenvalue weighted by Gasteiger charge is 2.38. The van der Waals surface area contributed by atoms with Crippen molar-refractivity contribution >= 4 is 15.6 Å². The highest BCUT2D eigenvalue weighted by atomic mass is 32.2. The lowest BCUT2D eigenvalue weighted by Crippen LogP contribution is -2.40. The summed E-state index contributed by atoms with van der Waals surface area (Å²) >= 11 is 0. The summed E-state index contributed by atoms with van der Waals surface area (Å²) < 4.78 is 20.9. The van der Waals surface area contributed by atoms with Crippen molar-refractivity contribution < 1.29 is 13.2 Å². The number of Topliss-reactive ketones (excluding diaryl/α,β-unsaturated/α-hetero) is 1. The molecule has 0 amide bonds. The zero-order valence-corrected chi connectivity index (χ0v) is 8.66. The second-order valence-corrected chi connectivity index (χ2v) is 5.96. The van der Waals surface area contributed by atoms with E-state index < -0.39 is 20.4 Å². The van der Waals surface area contributed by atoms with Gasteiger partial charge in [-0.1, -0.05) is 6.58 Å². The Kier molecular flexibility index (Phi) is 2.85. The highest BCUT2D eigenvalue weighted by molar-refractivity contribution is 7.92. The van der Waals surface area contributed by atoms with Crippen molar-refractivity contribution in [2.45, 2.75) is 25.5 Å². The maximum Gasteiger partial charge on any atom is 0.178 e. The standard InChI is InChI=1S/C8H14O3S/c1-6(2)7(9)8(3,4)12(5,10)11/h1H2,2-5H3. The molecule has 0 saturated carbocycles. The van der Waals surface area contributed by atoms with Crippen LogP contribution in [0.25, 0.3) is 0 Å². The minimum atomic E-state index is -3.36. The molecular formula is C8H14O3S. The van der Waals surface area contributed by atoms with Crippen LogP contribution in [0.15, 0.2) is 12.2 Å². The predicted molar refractivity (Wildman–Crippen MR) is 48.7 cm³/mol. The van der Waals surface area contributed by atoms with Crippen molar-refractivity contribution in [2.24, 2.45) is 0 Å². The third-order valence-corrected chi connectivity index (χ3v) is 3.90. The first kappa shape index (κ1) is 11.4. The van der Waals surface area contributed by atoms with Gasteiger partial charge in [0.1, 0.15) is 4.75 Å².